The Kier molecular flexibility index (Phi) is 5.51. The molecule has 22 heavy (non-hydrogen) atoms. The molecule has 1 aliphatic rings. The molecule has 0 aliphatic carbocycles. The van der Waals surface area contributed by atoms with Crippen LogP contribution >= 0.6 is 0 Å². The van der Waals surface area contributed by atoms with E-state index >= 15 is 0 Å². The average molecular weight is 307 g/mol. The molecule has 1 N–H and O–H groups in total. The Morgan fingerprint density at radius 2 is 1.86 bits per heavy atom. The first-order chi connectivity index (χ1) is 10.5. The van der Waals surface area contributed by atoms with Gasteiger partial charge in [-0.3, -0.25) is 14.9 Å². The predicted molar refractivity (Wildman–Crippen MR) is 78.9 cm³/mol. The van der Waals surface area contributed by atoms with Crippen molar-refractivity contribution < 1.29 is 24.1 Å². The Balaban J connectivity index is 1.93. The molecule has 0 bridgehead atoms. The molecule has 6 nitrogen and oxygen atoms in total. The van der Waals surface area contributed by atoms with E-state index in [0.29, 0.717) is 12.2 Å². The number of amides is 2. The Morgan fingerprint density at radius 3 is 2.41 bits per heavy atom. The van der Waals surface area contributed by atoms with Gasteiger partial charge in [0.25, 0.3) is 0 Å². The van der Waals surface area contributed by atoms with Crippen molar-refractivity contribution in [3.63, 3.8) is 0 Å². The van der Waals surface area contributed by atoms with Crippen LogP contribution in [-0.4, -0.2) is 25.7 Å². The lowest BCUT2D eigenvalue weighted by molar-refractivity contribution is -0.303. The van der Waals surface area contributed by atoms with Gasteiger partial charge in [0.2, 0.25) is 18.6 Å². The van der Waals surface area contributed by atoms with E-state index in [1.165, 1.54) is 7.11 Å². The third-order valence-electron chi connectivity index (χ3n) is 4.05. The third kappa shape index (κ3) is 3.84. The highest BCUT2D eigenvalue weighted by molar-refractivity contribution is 6.04. The molecule has 120 valence electrons. The highest BCUT2D eigenvalue weighted by Crippen LogP contribution is 2.31. The van der Waals surface area contributed by atoms with Crippen LogP contribution in [0, 0.1) is 11.8 Å². The van der Waals surface area contributed by atoms with Gasteiger partial charge in [-0.1, -0.05) is 26.0 Å². The molecule has 3 unspecified atom stereocenters. The van der Waals surface area contributed by atoms with Gasteiger partial charge in [-0.2, -0.15) is 4.89 Å². The van der Waals surface area contributed by atoms with Gasteiger partial charge in [-0.15, -0.1) is 0 Å². The number of ether oxygens (including phenoxy) is 1. The summed E-state index contributed by atoms with van der Waals surface area (Å²) in [5.74, 6) is -0.00841. The first kappa shape index (κ1) is 16.5. The molecule has 1 fully saturated rings. The standard InChI is InChI=1S/C16H21NO5/c1-10(8-14-11(2)15(18)17-16(14)19)12-4-6-13(7-5-12)21-9-22-20-3/h4-7,10-11,14H,8-9H2,1-3H3,(H,17,18,19). The van der Waals surface area contributed by atoms with Gasteiger partial charge in [-0.25, -0.2) is 4.89 Å². The summed E-state index contributed by atoms with van der Waals surface area (Å²) in [6.45, 7) is 3.87. The Morgan fingerprint density at radius 1 is 1.18 bits per heavy atom. The van der Waals surface area contributed by atoms with E-state index in [2.05, 4.69) is 15.1 Å². The summed E-state index contributed by atoms with van der Waals surface area (Å²) in [5, 5.41) is 2.39. The topological polar surface area (TPSA) is 73.9 Å². The van der Waals surface area contributed by atoms with E-state index in [4.69, 9.17) is 4.74 Å². The van der Waals surface area contributed by atoms with E-state index < -0.39 is 0 Å². The number of imide groups is 1. The SMILES string of the molecule is COOCOc1ccc(C(C)CC2C(=O)NC(=O)C2C)cc1. The number of hydrogen-bond acceptors (Lipinski definition) is 5. The van der Waals surface area contributed by atoms with Gasteiger partial charge >= 0.3 is 0 Å². The monoisotopic (exact) mass is 307 g/mol. The summed E-state index contributed by atoms with van der Waals surface area (Å²) < 4.78 is 5.31. The summed E-state index contributed by atoms with van der Waals surface area (Å²) in [4.78, 5) is 32.4. The molecule has 0 aromatic heterocycles. The first-order valence-electron chi connectivity index (χ1n) is 7.26. The van der Waals surface area contributed by atoms with Crippen LogP contribution in [0.4, 0.5) is 0 Å². The fourth-order valence-corrected chi connectivity index (χ4v) is 2.60. The highest BCUT2D eigenvalue weighted by Gasteiger charge is 2.38. The maximum Gasteiger partial charge on any atom is 0.230 e. The fraction of sp³-hybridized carbons (Fsp3) is 0.500. The molecule has 1 saturated heterocycles. The lowest BCUT2D eigenvalue weighted by Gasteiger charge is -2.17. The quantitative estimate of drug-likeness (QED) is 0.274. The normalized spacial score (nSPS) is 22.5. The van der Waals surface area contributed by atoms with Crippen LogP contribution in [0.25, 0.3) is 0 Å². The molecule has 1 heterocycles. The van der Waals surface area contributed by atoms with Crippen molar-refractivity contribution >= 4 is 11.8 Å². The molecule has 6 heteroatoms. The van der Waals surface area contributed by atoms with Gasteiger partial charge in [0.1, 0.15) is 5.75 Å². The Hall–Kier alpha value is -1.92. The van der Waals surface area contributed by atoms with Crippen molar-refractivity contribution in [1.82, 2.24) is 5.32 Å². The minimum atomic E-state index is -0.260. The number of benzene rings is 1. The molecule has 3 atom stereocenters. The van der Waals surface area contributed by atoms with Crippen LogP contribution in [0.15, 0.2) is 24.3 Å². The number of rotatable bonds is 7. The van der Waals surface area contributed by atoms with E-state index in [-0.39, 0.29) is 36.4 Å². The number of carbonyl (C=O) groups is 2. The summed E-state index contributed by atoms with van der Waals surface area (Å²) >= 11 is 0. The zero-order valence-corrected chi connectivity index (χ0v) is 13.0. The van der Waals surface area contributed by atoms with E-state index in [1.807, 2.05) is 31.2 Å². The Labute approximate surface area is 129 Å². The molecule has 1 aliphatic heterocycles. The van der Waals surface area contributed by atoms with Crippen molar-refractivity contribution in [2.45, 2.75) is 26.2 Å². The second-order valence-electron chi connectivity index (χ2n) is 5.50. The summed E-state index contributed by atoms with van der Waals surface area (Å²) in [7, 11) is 1.42. The van der Waals surface area contributed by atoms with Crippen molar-refractivity contribution in [2.75, 3.05) is 13.9 Å². The van der Waals surface area contributed by atoms with Gasteiger partial charge in [0.05, 0.1) is 13.0 Å². The Bertz CT molecular complexity index is 528. The average Bonchev–Trinajstić information content (AvgIpc) is 2.74. The maximum atomic E-state index is 11.8. The zero-order chi connectivity index (χ0) is 16.1. The fourth-order valence-electron chi connectivity index (χ4n) is 2.60. The number of nitrogens with one attached hydrogen (secondary N) is 1. The third-order valence-corrected chi connectivity index (χ3v) is 4.05. The zero-order valence-electron chi connectivity index (χ0n) is 13.0. The number of carbonyl (C=O) groups excluding carboxylic acids is 2. The largest absolute Gasteiger partial charge is 0.465 e. The lowest BCUT2D eigenvalue weighted by atomic mass is 9.85. The van der Waals surface area contributed by atoms with Crippen LogP contribution in [0.3, 0.4) is 0 Å². The van der Waals surface area contributed by atoms with Crippen LogP contribution in [0.1, 0.15) is 31.7 Å². The molecule has 0 saturated carbocycles. The molecule has 0 radical (unpaired) electrons. The van der Waals surface area contributed by atoms with Crippen molar-refractivity contribution in [3.8, 4) is 5.75 Å². The molecular formula is C16H21NO5. The van der Waals surface area contributed by atoms with Crippen molar-refractivity contribution in [1.29, 1.82) is 0 Å². The minimum absolute atomic E-state index is 0.0211. The van der Waals surface area contributed by atoms with Gasteiger partial charge in [-0.05, 0) is 30.0 Å². The van der Waals surface area contributed by atoms with Gasteiger partial charge in [0, 0.05) is 5.92 Å². The van der Waals surface area contributed by atoms with Gasteiger partial charge in [0.15, 0.2) is 0 Å². The minimum Gasteiger partial charge on any atom is -0.465 e. The second-order valence-corrected chi connectivity index (χ2v) is 5.50. The molecule has 1 aromatic rings. The predicted octanol–water partition coefficient (Wildman–Crippen LogP) is 2.00. The van der Waals surface area contributed by atoms with Crippen LogP contribution in [0.5, 0.6) is 5.75 Å². The van der Waals surface area contributed by atoms with Crippen LogP contribution < -0.4 is 10.1 Å². The summed E-state index contributed by atoms with van der Waals surface area (Å²) in [5.41, 5.74) is 1.10. The first-order valence-corrected chi connectivity index (χ1v) is 7.26. The second kappa shape index (κ2) is 7.38. The summed E-state index contributed by atoms with van der Waals surface area (Å²) in [6.07, 6.45) is 0.645. The summed E-state index contributed by atoms with van der Waals surface area (Å²) in [6, 6.07) is 7.58. The van der Waals surface area contributed by atoms with E-state index in [0.717, 1.165) is 5.56 Å². The van der Waals surface area contributed by atoms with Crippen molar-refractivity contribution in [3.05, 3.63) is 29.8 Å². The lowest BCUT2D eigenvalue weighted by Crippen LogP contribution is -2.22. The molecular weight excluding hydrogens is 286 g/mol. The maximum absolute atomic E-state index is 11.8. The van der Waals surface area contributed by atoms with Crippen molar-refractivity contribution in [2.24, 2.45) is 11.8 Å². The van der Waals surface area contributed by atoms with E-state index in [1.54, 1.807) is 6.92 Å². The number of hydrogen-bond donors (Lipinski definition) is 1. The van der Waals surface area contributed by atoms with Crippen LogP contribution in [-0.2, 0) is 19.4 Å². The molecule has 2 amide bonds. The molecule has 2 rings (SSSR count). The smallest absolute Gasteiger partial charge is 0.230 e. The van der Waals surface area contributed by atoms with Gasteiger partial charge < -0.3 is 4.74 Å². The highest BCUT2D eigenvalue weighted by atomic mass is 17.2. The molecule has 0 spiro atoms. The van der Waals surface area contributed by atoms with E-state index in [9.17, 15) is 9.59 Å². The molecule has 1 aromatic carbocycles. The van der Waals surface area contributed by atoms with Crippen LogP contribution in [0.2, 0.25) is 0 Å².